The van der Waals surface area contributed by atoms with Gasteiger partial charge in [0.05, 0.1) is 0 Å². The standard InChI is InChI=1S/C6H7.3C5H11N.Ti/c1-6-4-2-3-5-6;3*1-4-5-6(2)3;/h2,4H,3H2,1H3;3*4H,1,5H2,2-3H3;. The molecule has 3 nitrogen and oxygen atoms in total. The van der Waals surface area contributed by atoms with E-state index < -0.39 is 0 Å². The molecule has 0 N–H and O–H groups in total. The van der Waals surface area contributed by atoms with Crippen LogP contribution in [0.5, 0.6) is 0 Å². The fourth-order valence-electron chi connectivity index (χ4n) is 1.39. The summed E-state index contributed by atoms with van der Waals surface area (Å²) in [6.45, 7) is 15.7. The van der Waals surface area contributed by atoms with Crippen LogP contribution < -0.4 is 0 Å². The van der Waals surface area contributed by atoms with Crippen molar-refractivity contribution >= 4 is 0 Å². The van der Waals surface area contributed by atoms with Gasteiger partial charge in [0, 0.05) is 19.6 Å². The van der Waals surface area contributed by atoms with Crippen molar-refractivity contribution in [3.8, 4) is 0 Å². The van der Waals surface area contributed by atoms with Crippen molar-refractivity contribution in [3.63, 3.8) is 0 Å². The van der Waals surface area contributed by atoms with Crippen LogP contribution in [0.3, 0.4) is 0 Å². The molecular weight excluding hydrogens is 342 g/mol. The Bertz CT molecular complexity index is 361. The van der Waals surface area contributed by atoms with E-state index in [1.165, 1.54) is 15.9 Å². The number of hydrogen-bond donors (Lipinski definition) is 0. The molecule has 1 aliphatic rings. The fourth-order valence-corrected chi connectivity index (χ4v) is 1.70. The van der Waals surface area contributed by atoms with Gasteiger partial charge in [-0.25, -0.2) is 0 Å². The zero-order chi connectivity index (χ0) is 20.3. The molecule has 4 heteroatoms. The van der Waals surface area contributed by atoms with Gasteiger partial charge in [0.2, 0.25) is 0 Å². The topological polar surface area (TPSA) is 9.72 Å². The molecule has 0 bridgehead atoms. The van der Waals surface area contributed by atoms with Crippen molar-refractivity contribution in [1.82, 2.24) is 14.7 Å². The van der Waals surface area contributed by atoms with E-state index in [-0.39, 0.29) is 0 Å². The molecule has 0 unspecified atom stereocenters. The van der Waals surface area contributed by atoms with Crippen LogP contribution in [0.25, 0.3) is 0 Å². The Morgan fingerprint density at radius 2 is 1.16 bits per heavy atom. The molecule has 0 atom stereocenters. The van der Waals surface area contributed by atoms with E-state index in [2.05, 4.69) is 73.9 Å². The van der Waals surface area contributed by atoms with Gasteiger partial charge in [0.1, 0.15) is 0 Å². The molecule has 0 aromatic carbocycles. The van der Waals surface area contributed by atoms with Crippen LogP contribution in [0.2, 0.25) is 0 Å². The van der Waals surface area contributed by atoms with Crippen LogP contribution in [0.4, 0.5) is 0 Å². The Morgan fingerprint density at radius 3 is 1.20 bits per heavy atom. The van der Waals surface area contributed by atoms with E-state index in [1.54, 1.807) is 0 Å². The number of hydrogen-bond acceptors (Lipinski definition) is 3. The van der Waals surface area contributed by atoms with Gasteiger partial charge < -0.3 is 14.7 Å². The first kappa shape index (κ1) is 29.1. The summed E-state index contributed by atoms with van der Waals surface area (Å²) in [7, 11) is 12.1. The van der Waals surface area contributed by atoms with Gasteiger partial charge in [-0.1, -0.05) is 18.2 Å². The second-order valence-electron chi connectivity index (χ2n) is 6.42. The normalized spacial score (nSPS) is 11.9. The molecule has 0 saturated carbocycles. The van der Waals surface area contributed by atoms with Crippen LogP contribution in [0.1, 0.15) is 13.3 Å². The molecule has 0 aromatic rings. The van der Waals surface area contributed by atoms with Gasteiger partial charge in [0.15, 0.2) is 0 Å². The van der Waals surface area contributed by atoms with Crippen LogP contribution in [-0.4, -0.2) is 76.6 Å². The van der Waals surface area contributed by atoms with Crippen LogP contribution in [0, 0.1) is 0 Å². The van der Waals surface area contributed by atoms with Crippen molar-refractivity contribution in [2.24, 2.45) is 0 Å². The Kier molecular flexibility index (Phi) is 24.8. The summed E-state index contributed by atoms with van der Waals surface area (Å²) in [6, 6.07) is 0. The first-order valence-corrected chi connectivity index (χ1v) is 9.25. The van der Waals surface area contributed by atoms with E-state index in [9.17, 15) is 0 Å². The zero-order valence-electron chi connectivity index (χ0n) is 17.7. The summed E-state index contributed by atoms with van der Waals surface area (Å²) in [5, 5.41) is 0. The first-order valence-electron chi connectivity index (χ1n) is 8.47. The fraction of sp³-hybridized carbons (Fsp3) is 0.524. The Balaban J connectivity index is -0.000000259. The summed E-state index contributed by atoms with van der Waals surface area (Å²) in [5.74, 6) is 0. The zero-order valence-corrected chi connectivity index (χ0v) is 19.2. The van der Waals surface area contributed by atoms with Gasteiger partial charge in [-0.05, 0) is 42.3 Å². The minimum absolute atomic E-state index is 0.972. The third-order valence-electron chi connectivity index (χ3n) is 2.65. The predicted octanol–water partition coefficient (Wildman–Crippen LogP) is 3.97. The molecule has 0 fully saturated rings. The molecule has 0 aliphatic heterocycles. The monoisotopic (exact) mass is 382 g/mol. The first-order chi connectivity index (χ1) is 11.6. The third kappa shape index (κ3) is 31.6. The van der Waals surface area contributed by atoms with Gasteiger partial charge in [-0.2, -0.15) is 0 Å². The van der Waals surface area contributed by atoms with Gasteiger partial charge in [0.25, 0.3) is 0 Å². The summed E-state index contributed by atoms with van der Waals surface area (Å²) < 4.78 is 1.51. The number of allylic oxidation sites excluding steroid dienone is 4. The molecule has 0 saturated heterocycles. The summed E-state index contributed by atoms with van der Waals surface area (Å²) in [4.78, 5) is 6.19. The number of likely N-dealkylation sites (N-methyl/N-ethyl adjacent to an activating group) is 3. The molecule has 1 rings (SSSR count). The van der Waals surface area contributed by atoms with Crippen molar-refractivity contribution in [1.29, 1.82) is 0 Å². The van der Waals surface area contributed by atoms with E-state index in [1.807, 2.05) is 60.5 Å². The second kappa shape index (κ2) is 21.3. The van der Waals surface area contributed by atoms with Gasteiger partial charge in [-0.3, -0.25) is 0 Å². The summed E-state index contributed by atoms with van der Waals surface area (Å²) >= 11 is 2.18. The molecule has 0 aromatic heterocycles. The SMILES string of the molecule is C=CCN(C)C.C=CCN(C)C.C=CCN(C)C.CC1=[C]([Ti])CC=C1. The van der Waals surface area contributed by atoms with Gasteiger partial charge >= 0.3 is 55.4 Å². The average Bonchev–Trinajstić information content (AvgIpc) is 2.84. The Hall–Kier alpha value is -0.706. The summed E-state index contributed by atoms with van der Waals surface area (Å²) in [5.41, 5.74) is 1.44. The van der Waals surface area contributed by atoms with Crippen molar-refractivity contribution < 1.29 is 20.4 Å². The van der Waals surface area contributed by atoms with E-state index in [4.69, 9.17) is 0 Å². The molecule has 25 heavy (non-hydrogen) atoms. The van der Waals surface area contributed by atoms with E-state index in [0.29, 0.717) is 0 Å². The average molecular weight is 382 g/mol. The summed E-state index contributed by atoms with van der Waals surface area (Å²) in [6.07, 6.45) is 11.2. The maximum atomic E-state index is 3.56. The molecule has 0 amide bonds. The van der Waals surface area contributed by atoms with Crippen molar-refractivity contribution in [2.75, 3.05) is 61.9 Å². The predicted molar refractivity (Wildman–Crippen MR) is 113 cm³/mol. The quantitative estimate of drug-likeness (QED) is 0.508. The molecule has 0 radical (unpaired) electrons. The second-order valence-corrected chi connectivity index (χ2v) is 7.36. The Labute approximate surface area is 169 Å². The molecule has 0 heterocycles. The maximum absolute atomic E-state index is 3.56. The van der Waals surface area contributed by atoms with Crippen LogP contribution in [-0.2, 0) is 20.4 Å². The van der Waals surface area contributed by atoms with Crippen LogP contribution in [0.15, 0.2) is 59.6 Å². The molecule has 0 spiro atoms. The Morgan fingerprint density at radius 1 is 0.840 bits per heavy atom. The molecular formula is C21H40N3Ti. The van der Waals surface area contributed by atoms with Crippen LogP contribution >= 0.6 is 0 Å². The van der Waals surface area contributed by atoms with Crippen molar-refractivity contribution in [2.45, 2.75) is 13.3 Å². The van der Waals surface area contributed by atoms with E-state index in [0.717, 1.165) is 19.6 Å². The number of rotatable bonds is 6. The van der Waals surface area contributed by atoms with E-state index >= 15 is 0 Å². The molecule has 143 valence electrons. The van der Waals surface area contributed by atoms with Gasteiger partial charge in [-0.15, -0.1) is 19.7 Å². The van der Waals surface area contributed by atoms with Crippen molar-refractivity contribution in [3.05, 3.63) is 59.6 Å². The third-order valence-corrected chi connectivity index (χ3v) is 3.58. The molecule has 1 aliphatic carbocycles. The minimum atomic E-state index is 0.972. The number of nitrogens with zero attached hydrogens (tertiary/aromatic N) is 3.